The van der Waals surface area contributed by atoms with Gasteiger partial charge in [0.05, 0.1) is 31.5 Å². The molecule has 0 unspecified atom stereocenters. The fraction of sp³-hybridized carbons (Fsp3) is 0.273. The first-order valence-corrected chi connectivity index (χ1v) is 11.7. The van der Waals surface area contributed by atoms with E-state index in [-0.39, 0.29) is 22.4 Å². The van der Waals surface area contributed by atoms with E-state index in [2.05, 4.69) is 25.4 Å². The second-order valence-electron chi connectivity index (χ2n) is 7.80. The number of hydrogen-bond donors (Lipinski definition) is 3. The van der Waals surface area contributed by atoms with Gasteiger partial charge in [0.2, 0.25) is 0 Å². The van der Waals surface area contributed by atoms with Crippen LogP contribution in [0.15, 0.2) is 45.9 Å². The van der Waals surface area contributed by atoms with E-state index in [0.29, 0.717) is 28.2 Å². The van der Waals surface area contributed by atoms with Crippen molar-refractivity contribution >= 4 is 38.3 Å². The summed E-state index contributed by atoms with van der Waals surface area (Å²) in [5.74, 6) is 1.56. The molecule has 10 nitrogen and oxygen atoms in total. The largest absolute Gasteiger partial charge is 0.495 e. The van der Waals surface area contributed by atoms with Crippen LogP contribution in [-0.4, -0.2) is 38.0 Å². The predicted octanol–water partition coefficient (Wildman–Crippen LogP) is 4.54. The van der Waals surface area contributed by atoms with Crippen LogP contribution in [0.1, 0.15) is 30.9 Å². The zero-order chi connectivity index (χ0) is 23.8. The minimum Gasteiger partial charge on any atom is -0.495 e. The van der Waals surface area contributed by atoms with Crippen LogP contribution in [0, 0.1) is 6.92 Å². The number of aromatic amines is 1. The Balaban J connectivity index is 1.74. The van der Waals surface area contributed by atoms with Gasteiger partial charge in [0.15, 0.2) is 11.4 Å². The zero-order valence-corrected chi connectivity index (χ0v) is 19.7. The highest BCUT2D eigenvalue weighted by Gasteiger charge is 2.25. The van der Waals surface area contributed by atoms with Crippen LogP contribution in [-0.2, 0) is 10.0 Å². The van der Waals surface area contributed by atoms with E-state index in [9.17, 15) is 8.42 Å². The van der Waals surface area contributed by atoms with E-state index >= 15 is 0 Å². The molecule has 0 radical (unpaired) electrons. The van der Waals surface area contributed by atoms with Crippen molar-refractivity contribution < 1.29 is 22.4 Å². The van der Waals surface area contributed by atoms with Gasteiger partial charge in [-0.15, -0.1) is 0 Å². The van der Waals surface area contributed by atoms with E-state index < -0.39 is 10.0 Å². The lowest BCUT2D eigenvalue weighted by molar-refractivity contribution is 0.402. The Bertz CT molecular complexity index is 1390. The Morgan fingerprint density at radius 1 is 1.09 bits per heavy atom. The second-order valence-corrected chi connectivity index (χ2v) is 9.45. The van der Waals surface area contributed by atoms with E-state index in [0.717, 1.165) is 11.1 Å². The molecular weight excluding hydrogens is 446 g/mol. The number of hydrogen-bond acceptors (Lipinski definition) is 8. The molecule has 0 aliphatic rings. The van der Waals surface area contributed by atoms with E-state index in [1.54, 1.807) is 36.5 Å². The number of H-pyrrole nitrogens is 1. The Morgan fingerprint density at radius 2 is 1.85 bits per heavy atom. The number of benzene rings is 2. The highest BCUT2D eigenvalue weighted by Crippen LogP contribution is 2.37. The quantitative estimate of drug-likeness (QED) is 0.341. The fourth-order valence-electron chi connectivity index (χ4n) is 3.63. The number of methoxy groups -OCH3 is 2. The number of sulfonamides is 1. The molecule has 0 aliphatic heterocycles. The molecule has 0 atom stereocenters. The lowest BCUT2D eigenvalue weighted by Crippen LogP contribution is -2.15. The lowest BCUT2D eigenvalue weighted by atomic mass is 9.98. The third-order valence-electron chi connectivity index (χ3n) is 5.26. The van der Waals surface area contributed by atoms with Gasteiger partial charge in [0.25, 0.3) is 10.0 Å². The summed E-state index contributed by atoms with van der Waals surface area (Å²) in [5, 5.41) is 14.2. The number of fused-ring (bicyclic) bond motifs is 1. The van der Waals surface area contributed by atoms with Crippen LogP contribution in [0.5, 0.6) is 11.5 Å². The molecule has 0 saturated carbocycles. The number of anilines is 3. The maximum Gasteiger partial charge on any atom is 0.266 e. The van der Waals surface area contributed by atoms with Crippen molar-refractivity contribution in [2.75, 3.05) is 24.3 Å². The molecule has 174 valence electrons. The second kappa shape index (κ2) is 8.66. The van der Waals surface area contributed by atoms with Crippen LogP contribution in [0.2, 0.25) is 0 Å². The van der Waals surface area contributed by atoms with E-state index in [1.165, 1.54) is 14.2 Å². The first kappa shape index (κ1) is 22.5. The van der Waals surface area contributed by atoms with Gasteiger partial charge in [-0.05, 0) is 42.2 Å². The number of aromatic nitrogens is 3. The fourth-order valence-corrected chi connectivity index (χ4v) is 4.83. The van der Waals surface area contributed by atoms with Gasteiger partial charge in [-0.2, -0.15) is 5.10 Å². The van der Waals surface area contributed by atoms with Gasteiger partial charge in [-0.25, -0.2) is 8.42 Å². The number of nitrogens with one attached hydrogen (secondary N) is 3. The van der Waals surface area contributed by atoms with Crippen LogP contribution in [0.25, 0.3) is 11.0 Å². The number of aryl methyl sites for hydroxylation is 1. The molecule has 0 amide bonds. The highest BCUT2D eigenvalue weighted by molar-refractivity contribution is 7.92. The zero-order valence-electron chi connectivity index (χ0n) is 18.9. The average molecular weight is 472 g/mol. The Morgan fingerprint density at radius 3 is 2.48 bits per heavy atom. The van der Waals surface area contributed by atoms with Crippen molar-refractivity contribution in [1.29, 1.82) is 0 Å². The molecular formula is C22H25N5O5S. The van der Waals surface area contributed by atoms with Crippen molar-refractivity contribution in [3.05, 3.63) is 47.7 Å². The normalized spacial score (nSPS) is 11.7. The molecule has 4 rings (SSSR count). The summed E-state index contributed by atoms with van der Waals surface area (Å²) in [6.07, 6.45) is 1.61. The van der Waals surface area contributed by atoms with Gasteiger partial charge in [-0.1, -0.05) is 19.0 Å². The molecule has 33 heavy (non-hydrogen) atoms. The Kier molecular flexibility index (Phi) is 5.90. The van der Waals surface area contributed by atoms with Gasteiger partial charge in [0, 0.05) is 12.1 Å². The number of ether oxygens (including phenoxy) is 2. The first-order chi connectivity index (χ1) is 15.7. The smallest absolute Gasteiger partial charge is 0.266 e. The minimum atomic E-state index is -4.03. The number of rotatable bonds is 8. The summed E-state index contributed by atoms with van der Waals surface area (Å²) in [4.78, 5) is 0.0277. The minimum absolute atomic E-state index is 0.0277. The summed E-state index contributed by atoms with van der Waals surface area (Å²) in [6, 6.07) is 8.43. The summed E-state index contributed by atoms with van der Waals surface area (Å²) in [6.45, 7) is 5.93. The molecule has 2 aromatic heterocycles. The summed E-state index contributed by atoms with van der Waals surface area (Å²) in [5.41, 5.74) is 2.84. The molecule has 0 fully saturated rings. The van der Waals surface area contributed by atoms with E-state index in [1.807, 2.05) is 20.8 Å². The third kappa shape index (κ3) is 4.31. The van der Waals surface area contributed by atoms with Crippen molar-refractivity contribution in [2.45, 2.75) is 31.6 Å². The Labute approximate surface area is 191 Å². The van der Waals surface area contributed by atoms with Crippen LogP contribution < -0.4 is 19.5 Å². The molecule has 3 N–H and O–H groups in total. The molecule has 11 heteroatoms. The van der Waals surface area contributed by atoms with Gasteiger partial charge < -0.3 is 19.3 Å². The van der Waals surface area contributed by atoms with Gasteiger partial charge in [-0.3, -0.25) is 9.82 Å². The van der Waals surface area contributed by atoms with Crippen molar-refractivity contribution in [1.82, 2.24) is 15.4 Å². The molecule has 0 spiro atoms. The molecule has 0 bridgehead atoms. The van der Waals surface area contributed by atoms with Crippen LogP contribution >= 0.6 is 0 Å². The van der Waals surface area contributed by atoms with Crippen molar-refractivity contribution in [2.24, 2.45) is 0 Å². The molecule has 4 aromatic rings. The average Bonchev–Trinajstić information content (AvgIpc) is 3.42. The van der Waals surface area contributed by atoms with Crippen LogP contribution in [0.3, 0.4) is 0 Å². The monoisotopic (exact) mass is 471 g/mol. The maximum atomic E-state index is 13.3. The van der Waals surface area contributed by atoms with Gasteiger partial charge >= 0.3 is 0 Å². The maximum absolute atomic E-state index is 13.3. The lowest BCUT2D eigenvalue weighted by Gasteiger charge is -2.16. The summed E-state index contributed by atoms with van der Waals surface area (Å²) < 4.78 is 45.4. The predicted molar refractivity (Wildman–Crippen MR) is 125 cm³/mol. The highest BCUT2D eigenvalue weighted by atomic mass is 32.2. The third-order valence-corrected chi connectivity index (χ3v) is 6.62. The standard InChI is InChI=1S/C22H25N5O5S/c1-12(2)14-10-20(19(31-5)8-13(14)3)33(28,29)27-22-15-9-18(30-4)16(11-17(15)32-26-22)24-21-6-7-23-25-21/h6-12H,1-5H3,(H,26,27)(H2,23,24,25). The van der Waals surface area contributed by atoms with E-state index in [4.69, 9.17) is 14.0 Å². The molecule has 0 aliphatic carbocycles. The van der Waals surface area contributed by atoms with Crippen molar-refractivity contribution in [3.63, 3.8) is 0 Å². The first-order valence-electron chi connectivity index (χ1n) is 10.2. The molecule has 2 aromatic carbocycles. The SMILES string of the molecule is COc1cc2c(NS(=O)(=O)c3cc(C(C)C)c(C)cc3OC)noc2cc1Nc1ccn[nH]1. The number of nitrogens with zero attached hydrogens (tertiary/aromatic N) is 2. The van der Waals surface area contributed by atoms with Gasteiger partial charge in [0.1, 0.15) is 22.2 Å². The molecule has 0 saturated heterocycles. The van der Waals surface area contributed by atoms with Crippen LogP contribution in [0.4, 0.5) is 17.3 Å². The molecule has 2 heterocycles. The summed E-state index contributed by atoms with van der Waals surface area (Å²) >= 11 is 0. The van der Waals surface area contributed by atoms with Crippen molar-refractivity contribution in [3.8, 4) is 11.5 Å². The Hall–Kier alpha value is -3.73. The topological polar surface area (TPSA) is 131 Å². The summed E-state index contributed by atoms with van der Waals surface area (Å²) in [7, 11) is -1.08.